The van der Waals surface area contributed by atoms with Crippen molar-refractivity contribution in [2.75, 3.05) is 0 Å². The quantitative estimate of drug-likeness (QED) is 0.500. The smallest absolute Gasteiger partial charge is 0.119 e. The Labute approximate surface area is 193 Å². The summed E-state index contributed by atoms with van der Waals surface area (Å²) in [7, 11) is 0. The molecule has 3 fully saturated rings. The molecular formula is C28H39NO3. The van der Waals surface area contributed by atoms with E-state index in [-0.39, 0.29) is 16.2 Å². The van der Waals surface area contributed by atoms with E-state index in [2.05, 4.69) is 39.5 Å². The molecule has 4 heteroatoms. The van der Waals surface area contributed by atoms with Crippen LogP contribution in [0.2, 0.25) is 0 Å². The lowest BCUT2D eigenvalue weighted by molar-refractivity contribution is -0.311. The fourth-order valence-electron chi connectivity index (χ4n) is 8.24. The molecule has 3 saturated carbocycles. The average Bonchev–Trinajstić information content (AvgIpc) is 2.76. The Morgan fingerprint density at radius 2 is 1.94 bits per heavy atom. The summed E-state index contributed by atoms with van der Waals surface area (Å²) < 4.78 is 5.68. The Kier molecular flexibility index (Phi) is 5.68. The van der Waals surface area contributed by atoms with Crippen LogP contribution in [0.3, 0.4) is 0 Å². The molecule has 0 aromatic rings. The molecule has 0 aromatic heterocycles. The predicted molar refractivity (Wildman–Crippen MR) is 128 cm³/mol. The fraction of sp³-hybridized carbons (Fsp3) is 0.643. The van der Waals surface area contributed by atoms with Crippen LogP contribution in [0.5, 0.6) is 0 Å². The molecule has 32 heavy (non-hydrogen) atoms. The van der Waals surface area contributed by atoms with Gasteiger partial charge in [0.05, 0.1) is 11.9 Å². The largest absolute Gasteiger partial charge is 0.465 e. The van der Waals surface area contributed by atoms with E-state index < -0.39 is 5.60 Å². The number of ether oxygens (including phenoxy) is 1. The summed E-state index contributed by atoms with van der Waals surface area (Å²) in [5.41, 5.74) is 2.93. The first-order valence-electron chi connectivity index (χ1n) is 12.3. The lowest BCUT2D eigenvalue weighted by Gasteiger charge is -2.75. The number of carbonyl (C=O) groups is 1. The number of hydrogen-bond donors (Lipinski definition) is 2. The van der Waals surface area contributed by atoms with Gasteiger partial charge in [-0.2, -0.15) is 0 Å². The summed E-state index contributed by atoms with van der Waals surface area (Å²) in [5, 5.41) is 20.3. The summed E-state index contributed by atoms with van der Waals surface area (Å²) in [6.07, 6.45) is 17.1. The van der Waals surface area contributed by atoms with Crippen molar-refractivity contribution in [3.63, 3.8) is 0 Å². The maximum absolute atomic E-state index is 12.2. The van der Waals surface area contributed by atoms with E-state index in [1.54, 1.807) is 0 Å². The standard InChI is InChI=1S/C26H35NO2.C2H4O/c1-5-25(19-7-6-17(2)29-15-19)16-26(28)22-9-8-18-14-20(27)10-12-23(18,3)21(22)11-13-24(25,26)4;1-2-3/h6-7,14-15,21-22,27-28H,2,5,8-13,16H2,1,3-4H3;2H,1H3. The Balaban J connectivity index is 0.000000775. The lowest BCUT2D eigenvalue weighted by atomic mass is 9.30. The highest BCUT2D eigenvalue weighted by atomic mass is 16.5. The maximum Gasteiger partial charge on any atom is 0.119 e. The van der Waals surface area contributed by atoms with Gasteiger partial charge in [0.25, 0.3) is 0 Å². The van der Waals surface area contributed by atoms with Crippen molar-refractivity contribution in [3.8, 4) is 0 Å². The van der Waals surface area contributed by atoms with Crippen LogP contribution in [0.1, 0.15) is 79.1 Å². The SMILES string of the molecule is C=C1C=CC(C2(CC)CC3(O)C4CCC5=CC(=N)CCC5(C)C4CCC23C)=CO1.CC=O. The molecule has 0 aromatic carbocycles. The molecule has 0 bridgehead atoms. The van der Waals surface area contributed by atoms with Gasteiger partial charge < -0.3 is 20.0 Å². The summed E-state index contributed by atoms with van der Waals surface area (Å²) >= 11 is 0. The van der Waals surface area contributed by atoms with Gasteiger partial charge in [-0.1, -0.05) is 39.0 Å². The van der Waals surface area contributed by atoms with Crippen molar-refractivity contribution >= 4 is 12.0 Å². The topological polar surface area (TPSA) is 70.4 Å². The number of aldehydes is 1. The molecule has 6 unspecified atom stereocenters. The average molecular weight is 438 g/mol. The Morgan fingerprint density at radius 3 is 2.56 bits per heavy atom. The van der Waals surface area contributed by atoms with Crippen LogP contribution in [0.25, 0.3) is 0 Å². The molecule has 4 aliphatic carbocycles. The molecule has 6 atom stereocenters. The molecule has 0 saturated heterocycles. The molecular weight excluding hydrogens is 398 g/mol. The first-order valence-corrected chi connectivity index (χ1v) is 12.3. The predicted octanol–water partition coefficient (Wildman–Crippen LogP) is 6.28. The second kappa shape index (κ2) is 7.83. The molecule has 5 rings (SSSR count). The van der Waals surface area contributed by atoms with Gasteiger partial charge in [0.2, 0.25) is 0 Å². The van der Waals surface area contributed by atoms with E-state index in [0.717, 1.165) is 56.9 Å². The van der Waals surface area contributed by atoms with Gasteiger partial charge in [-0.15, -0.1) is 0 Å². The zero-order valence-corrected chi connectivity index (χ0v) is 20.2. The normalized spacial score (nSPS) is 44.3. The molecule has 2 N–H and O–H groups in total. The van der Waals surface area contributed by atoms with Crippen molar-refractivity contribution in [1.82, 2.24) is 0 Å². The van der Waals surface area contributed by atoms with E-state index in [1.165, 1.54) is 24.5 Å². The first kappa shape index (κ1) is 23.2. The minimum Gasteiger partial charge on any atom is -0.465 e. The molecule has 0 spiro atoms. The third-order valence-electron chi connectivity index (χ3n) is 10.1. The zero-order chi connectivity index (χ0) is 23.4. The molecule has 1 aliphatic heterocycles. The van der Waals surface area contributed by atoms with Crippen LogP contribution in [0.15, 0.2) is 48.0 Å². The fourth-order valence-corrected chi connectivity index (χ4v) is 8.24. The van der Waals surface area contributed by atoms with E-state index in [4.69, 9.17) is 14.9 Å². The first-order chi connectivity index (χ1) is 15.1. The molecule has 0 radical (unpaired) electrons. The summed E-state index contributed by atoms with van der Waals surface area (Å²) in [6, 6.07) is 0. The Hall–Kier alpha value is -1.94. The minimum atomic E-state index is -0.603. The number of nitrogens with one attached hydrogen (secondary N) is 1. The van der Waals surface area contributed by atoms with E-state index in [9.17, 15) is 5.11 Å². The summed E-state index contributed by atoms with van der Waals surface area (Å²) in [6.45, 7) is 12.4. The van der Waals surface area contributed by atoms with Crippen LogP contribution < -0.4 is 0 Å². The van der Waals surface area contributed by atoms with Gasteiger partial charge in [-0.3, -0.25) is 0 Å². The van der Waals surface area contributed by atoms with Gasteiger partial charge >= 0.3 is 0 Å². The van der Waals surface area contributed by atoms with E-state index in [0.29, 0.717) is 17.6 Å². The third-order valence-corrected chi connectivity index (χ3v) is 10.1. The molecule has 4 nitrogen and oxygen atoms in total. The number of carbonyl (C=O) groups excluding carboxylic acids is 1. The number of rotatable bonds is 2. The van der Waals surface area contributed by atoms with Crippen molar-refractivity contribution in [1.29, 1.82) is 5.41 Å². The number of aliphatic hydroxyl groups is 1. The monoisotopic (exact) mass is 437 g/mol. The van der Waals surface area contributed by atoms with Crippen LogP contribution in [-0.2, 0) is 9.53 Å². The summed E-state index contributed by atoms with van der Waals surface area (Å²) in [5.74, 6) is 1.58. The molecule has 5 aliphatic rings. The number of hydrogen-bond acceptors (Lipinski definition) is 4. The molecule has 0 amide bonds. The third kappa shape index (κ3) is 2.91. The highest BCUT2D eigenvalue weighted by Crippen LogP contribution is 2.77. The van der Waals surface area contributed by atoms with Gasteiger partial charge in [-0.05, 0) is 93.3 Å². The van der Waals surface area contributed by atoms with Crippen LogP contribution in [0, 0.1) is 33.5 Å². The highest BCUT2D eigenvalue weighted by Gasteiger charge is 2.76. The van der Waals surface area contributed by atoms with Crippen LogP contribution in [0.4, 0.5) is 0 Å². The second-order valence-corrected chi connectivity index (χ2v) is 11.0. The van der Waals surface area contributed by atoms with E-state index in [1.807, 2.05) is 12.3 Å². The van der Waals surface area contributed by atoms with Gasteiger partial charge in [0.1, 0.15) is 12.0 Å². The van der Waals surface area contributed by atoms with Crippen molar-refractivity contribution in [2.45, 2.75) is 84.7 Å². The Morgan fingerprint density at radius 1 is 1.22 bits per heavy atom. The second-order valence-electron chi connectivity index (χ2n) is 11.0. The minimum absolute atomic E-state index is 0.0182. The van der Waals surface area contributed by atoms with Crippen molar-refractivity contribution in [3.05, 3.63) is 48.0 Å². The molecule has 174 valence electrons. The van der Waals surface area contributed by atoms with Crippen LogP contribution >= 0.6 is 0 Å². The summed E-state index contributed by atoms with van der Waals surface area (Å²) in [4.78, 5) is 8.81. The lowest BCUT2D eigenvalue weighted by Crippen LogP contribution is -2.76. The highest BCUT2D eigenvalue weighted by molar-refractivity contribution is 5.94. The number of allylic oxidation sites excluding steroid dienone is 5. The van der Waals surface area contributed by atoms with Gasteiger partial charge in [-0.25, -0.2) is 0 Å². The van der Waals surface area contributed by atoms with Crippen LogP contribution in [-0.4, -0.2) is 22.7 Å². The maximum atomic E-state index is 12.2. The Bertz CT molecular complexity index is 929. The van der Waals surface area contributed by atoms with E-state index >= 15 is 0 Å². The zero-order valence-electron chi connectivity index (χ0n) is 20.2. The van der Waals surface area contributed by atoms with Crippen molar-refractivity contribution in [2.24, 2.45) is 28.1 Å². The molecule has 1 heterocycles. The van der Waals surface area contributed by atoms with Gasteiger partial charge in [0.15, 0.2) is 0 Å². The van der Waals surface area contributed by atoms with Gasteiger partial charge in [0, 0.05) is 16.5 Å². The van der Waals surface area contributed by atoms with Crippen molar-refractivity contribution < 1.29 is 14.6 Å². The number of fused-ring (bicyclic) bond motifs is 5.